The molecule has 1 unspecified atom stereocenters. The summed E-state index contributed by atoms with van der Waals surface area (Å²) in [5.74, 6) is 0. The second kappa shape index (κ2) is 9.84. The molecule has 0 spiro atoms. The second-order valence-electron chi connectivity index (χ2n) is 8.98. The van der Waals surface area contributed by atoms with Crippen LogP contribution in [0.3, 0.4) is 0 Å². The first-order chi connectivity index (χ1) is 16.0. The molecular formula is C24H26Cl2N2O4S2. The maximum absolute atomic E-state index is 12.8. The molecule has 2 aliphatic rings. The molecule has 1 saturated heterocycles. The highest BCUT2D eigenvalue weighted by atomic mass is 35.5. The molecule has 0 radical (unpaired) electrons. The van der Waals surface area contributed by atoms with Crippen molar-refractivity contribution >= 4 is 50.9 Å². The Balaban J connectivity index is 1.62. The maximum Gasteiger partial charge on any atom is 0.278 e. The monoisotopic (exact) mass is 540 g/mol. The van der Waals surface area contributed by atoms with Crippen LogP contribution < -0.4 is 0 Å². The zero-order chi connectivity index (χ0) is 24.7. The average Bonchev–Trinajstić information content (AvgIpc) is 2.75. The van der Waals surface area contributed by atoms with E-state index in [1.807, 2.05) is 48.5 Å². The summed E-state index contributed by atoms with van der Waals surface area (Å²) in [6, 6.07) is 14.8. The number of benzene rings is 2. The van der Waals surface area contributed by atoms with Gasteiger partial charge in [-0.3, -0.25) is 9.69 Å². The van der Waals surface area contributed by atoms with Crippen LogP contribution in [0, 0.1) is 0 Å². The Morgan fingerprint density at radius 1 is 1.03 bits per heavy atom. The van der Waals surface area contributed by atoms with E-state index in [-0.39, 0.29) is 30.9 Å². The lowest BCUT2D eigenvalue weighted by atomic mass is 9.81. The summed E-state index contributed by atoms with van der Waals surface area (Å²) in [6.07, 6.45) is 3.27. The van der Waals surface area contributed by atoms with Crippen molar-refractivity contribution in [1.82, 2.24) is 9.80 Å². The zero-order valence-electron chi connectivity index (χ0n) is 18.6. The molecule has 0 aromatic heterocycles. The average molecular weight is 542 g/mol. The number of likely N-dealkylation sites (tertiary alicyclic amines) is 1. The summed E-state index contributed by atoms with van der Waals surface area (Å²) in [5, 5.41) is 11.4. The van der Waals surface area contributed by atoms with E-state index in [2.05, 4.69) is 17.5 Å². The van der Waals surface area contributed by atoms with Crippen molar-refractivity contribution < 1.29 is 18.3 Å². The van der Waals surface area contributed by atoms with Crippen molar-refractivity contribution in [2.24, 2.45) is 0 Å². The van der Waals surface area contributed by atoms with Crippen molar-refractivity contribution in [2.75, 3.05) is 32.4 Å². The van der Waals surface area contributed by atoms with Gasteiger partial charge in [0.25, 0.3) is 5.24 Å². The van der Waals surface area contributed by atoms with Gasteiger partial charge in [-0.25, -0.2) is 8.42 Å². The highest BCUT2D eigenvalue weighted by molar-refractivity contribution is 7.96. The SMILES string of the molecule is CS(=O)(=O)C(C1=CCN(C(=O)S)CC1)C1(O)CN(C(c2ccc(Cl)cc2)c2ccc(Cl)cc2)C1. The van der Waals surface area contributed by atoms with Gasteiger partial charge in [-0.2, -0.15) is 0 Å². The van der Waals surface area contributed by atoms with Crippen molar-refractivity contribution in [2.45, 2.75) is 23.3 Å². The van der Waals surface area contributed by atoms with E-state index >= 15 is 0 Å². The number of hydrogen-bond acceptors (Lipinski definition) is 5. The summed E-state index contributed by atoms with van der Waals surface area (Å²) in [4.78, 5) is 15.1. The first-order valence-electron chi connectivity index (χ1n) is 10.8. The molecule has 2 aliphatic heterocycles. The molecule has 34 heavy (non-hydrogen) atoms. The van der Waals surface area contributed by atoms with Crippen LogP contribution in [0.1, 0.15) is 23.6 Å². The van der Waals surface area contributed by atoms with Gasteiger partial charge < -0.3 is 10.0 Å². The predicted molar refractivity (Wildman–Crippen MR) is 139 cm³/mol. The third-order valence-corrected chi connectivity index (χ3v) is 8.84. The molecule has 0 bridgehead atoms. The van der Waals surface area contributed by atoms with Crippen molar-refractivity contribution in [3.05, 3.63) is 81.4 Å². The van der Waals surface area contributed by atoms with Crippen LogP contribution in [0.4, 0.5) is 4.79 Å². The molecule has 1 N–H and O–H groups in total. The molecular weight excluding hydrogens is 515 g/mol. The molecule has 182 valence electrons. The Morgan fingerprint density at radius 3 is 1.91 bits per heavy atom. The Kier molecular flexibility index (Phi) is 7.39. The lowest BCUT2D eigenvalue weighted by molar-refractivity contribution is -0.107. The number of hydrogen-bond donors (Lipinski definition) is 2. The highest BCUT2D eigenvalue weighted by Gasteiger charge is 2.54. The third kappa shape index (κ3) is 5.32. The lowest BCUT2D eigenvalue weighted by Crippen LogP contribution is -2.70. The minimum absolute atomic E-state index is 0.174. The molecule has 0 saturated carbocycles. The normalized spacial score (nSPS) is 19.5. The van der Waals surface area contributed by atoms with Crippen LogP contribution in [0.25, 0.3) is 0 Å². The largest absolute Gasteiger partial charge is 0.385 e. The fourth-order valence-corrected chi connectivity index (χ4v) is 7.17. The fourth-order valence-electron chi connectivity index (χ4n) is 5.02. The third-order valence-electron chi connectivity index (χ3n) is 6.46. The van der Waals surface area contributed by atoms with Gasteiger partial charge in [0.15, 0.2) is 9.84 Å². The maximum atomic E-state index is 12.8. The second-order valence-corrected chi connectivity index (χ2v) is 12.4. The van der Waals surface area contributed by atoms with Gasteiger partial charge in [-0.05, 0) is 47.4 Å². The van der Waals surface area contributed by atoms with Crippen LogP contribution in [0.5, 0.6) is 0 Å². The number of carbonyl (C=O) groups is 1. The number of aliphatic hydroxyl groups is 1. The summed E-state index contributed by atoms with van der Waals surface area (Å²) < 4.78 is 25.7. The highest BCUT2D eigenvalue weighted by Crippen LogP contribution is 2.42. The van der Waals surface area contributed by atoms with Crippen LogP contribution in [0.2, 0.25) is 10.0 Å². The van der Waals surface area contributed by atoms with Crippen LogP contribution in [0.15, 0.2) is 60.2 Å². The van der Waals surface area contributed by atoms with Gasteiger partial charge in [-0.1, -0.05) is 66.2 Å². The molecule has 6 nitrogen and oxygen atoms in total. The van der Waals surface area contributed by atoms with Crippen LogP contribution in [-0.4, -0.2) is 71.8 Å². The van der Waals surface area contributed by atoms with Crippen molar-refractivity contribution in [3.63, 3.8) is 0 Å². The van der Waals surface area contributed by atoms with Crippen molar-refractivity contribution in [1.29, 1.82) is 0 Å². The summed E-state index contributed by atoms with van der Waals surface area (Å²) in [6.45, 7) is 1.00. The summed E-state index contributed by atoms with van der Waals surface area (Å²) in [5.41, 5.74) is 1.16. The van der Waals surface area contributed by atoms with Gasteiger partial charge in [0.05, 0.1) is 6.04 Å². The van der Waals surface area contributed by atoms with E-state index in [0.717, 1.165) is 17.4 Å². The number of carbonyl (C=O) groups excluding carboxylic acids is 1. The van der Waals surface area contributed by atoms with Gasteiger partial charge in [-0.15, -0.1) is 0 Å². The Morgan fingerprint density at radius 2 is 1.53 bits per heavy atom. The van der Waals surface area contributed by atoms with E-state index in [1.165, 1.54) is 4.90 Å². The summed E-state index contributed by atoms with van der Waals surface area (Å²) >= 11 is 16.0. The molecule has 1 fully saturated rings. The molecule has 1 amide bonds. The molecule has 10 heteroatoms. The standard InChI is InChI=1S/C24H26Cl2N2O4S2/c1-34(31,32)22(18-10-12-27(13-11-18)23(29)33)24(30)14-28(15-24)21(16-2-6-19(25)7-3-16)17-4-8-20(26)9-5-17/h2-10,21-22,30H,11-15H2,1H3,(H,29,33). The fraction of sp³-hybridized carbons (Fsp3) is 0.375. The number of amides is 1. The minimum atomic E-state index is -3.61. The molecule has 4 rings (SSSR count). The smallest absolute Gasteiger partial charge is 0.278 e. The Labute approximate surface area is 215 Å². The first kappa shape index (κ1) is 25.5. The van der Waals surface area contributed by atoms with Crippen molar-refractivity contribution in [3.8, 4) is 0 Å². The van der Waals surface area contributed by atoms with Gasteiger partial charge >= 0.3 is 0 Å². The number of β-amino-alcohol motifs (C(OH)–C–C–N with tert-alkyl or cyclic N) is 1. The number of thiol groups is 1. The molecule has 2 aromatic carbocycles. The topological polar surface area (TPSA) is 77.9 Å². The van der Waals surface area contributed by atoms with Crippen LogP contribution >= 0.6 is 35.8 Å². The van der Waals surface area contributed by atoms with Gasteiger partial charge in [0.2, 0.25) is 0 Å². The number of sulfone groups is 1. The van der Waals surface area contributed by atoms with Crippen LogP contribution in [-0.2, 0) is 9.84 Å². The minimum Gasteiger partial charge on any atom is -0.385 e. The lowest BCUT2D eigenvalue weighted by Gasteiger charge is -2.53. The predicted octanol–water partition coefficient (Wildman–Crippen LogP) is 4.22. The van der Waals surface area contributed by atoms with E-state index in [1.54, 1.807) is 6.08 Å². The number of nitrogens with zero attached hydrogens (tertiary/aromatic N) is 2. The Hall–Kier alpha value is -1.55. The van der Waals surface area contributed by atoms with E-state index in [4.69, 9.17) is 23.2 Å². The molecule has 2 heterocycles. The quantitative estimate of drug-likeness (QED) is 0.423. The molecule has 1 atom stereocenters. The first-order valence-corrected chi connectivity index (χ1v) is 14.0. The van der Waals surface area contributed by atoms with Gasteiger partial charge in [0, 0.05) is 42.5 Å². The Bertz CT molecular complexity index is 1150. The number of halogens is 2. The number of rotatable bonds is 6. The van der Waals surface area contributed by atoms with Gasteiger partial charge in [0.1, 0.15) is 10.9 Å². The van der Waals surface area contributed by atoms with E-state index in [0.29, 0.717) is 28.6 Å². The van der Waals surface area contributed by atoms with E-state index in [9.17, 15) is 18.3 Å². The van der Waals surface area contributed by atoms with E-state index < -0.39 is 20.7 Å². The zero-order valence-corrected chi connectivity index (χ0v) is 21.8. The molecule has 0 aliphatic carbocycles. The summed E-state index contributed by atoms with van der Waals surface area (Å²) in [7, 11) is -3.61. The molecule has 2 aromatic rings.